The second kappa shape index (κ2) is 9.55. The highest BCUT2D eigenvalue weighted by atomic mass is 32.2. The van der Waals surface area contributed by atoms with Crippen LogP contribution in [-0.2, 0) is 0 Å². The molecule has 154 valence electrons. The minimum absolute atomic E-state index is 0.115. The zero-order chi connectivity index (χ0) is 20.8. The van der Waals surface area contributed by atoms with E-state index in [2.05, 4.69) is 20.3 Å². The predicted molar refractivity (Wildman–Crippen MR) is 106 cm³/mol. The molecule has 1 amide bonds. The molecule has 1 aromatic carbocycles. The van der Waals surface area contributed by atoms with E-state index in [9.17, 15) is 13.6 Å². The van der Waals surface area contributed by atoms with E-state index in [1.54, 1.807) is 11.8 Å². The number of carbonyl (C=O) groups is 1. The summed E-state index contributed by atoms with van der Waals surface area (Å²) in [5.74, 6) is 0.855. The van der Waals surface area contributed by atoms with Gasteiger partial charge < -0.3 is 14.8 Å². The standard InChI is InChI=1S/C19H20F2N4O3S/c1-27-14-7-6-12(11-15(14)28-19(20)21)18(26)22-13(8-10-29-2)17-24-23-16-5-3-4-9-25(16)17/h3-7,9,11,13,19H,8,10H2,1-2H3,(H,22,26). The number of thioether (sulfide) groups is 1. The average Bonchev–Trinajstić information content (AvgIpc) is 3.14. The van der Waals surface area contributed by atoms with Gasteiger partial charge in [0.25, 0.3) is 5.91 Å². The van der Waals surface area contributed by atoms with Crippen LogP contribution in [0.1, 0.15) is 28.6 Å². The maximum absolute atomic E-state index is 12.8. The van der Waals surface area contributed by atoms with Crippen molar-refractivity contribution in [1.82, 2.24) is 19.9 Å². The van der Waals surface area contributed by atoms with Crippen molar-refractivity contribution in [2.45, 2.75) is 19.1 Å². The maximum Gasteiger partial charge on any atom is 0.387 e. The van der Waals surface area contributed by atoms with E-state index >= 15 is 0 Å². The molecular formula is C19H20F2N4O3S. The number of hydrogen-bond acceptors (Lipinski definition) is 6. The lowest BCUT2D eigenvalue weighted by Gasteiger charge is -2.18. The summed E-state index contributed by atoms with van der Waals surface area (Å²) >= 11 is 1.64. The molecule has 0 saturated carbocycles. The van der Waals surface area contributed by atoms with Crippen LogP contribution in [0.15, 0.2) is 42.6 Å². The zero-order valence-electron chi connectivity index (χ0n) is 15.8. The van der Waals surface area contributed by atoms with Crippen LogP contribution in [0.2, 0.25) is 0 Å². The smallest absolute Gasteiger partial charge is 0.387 e. The lowest BCUT2D eigenvalue weighted by molar-refractivity contribution is -0.0512. The van der Waals surface area contributed by atoms with E-state index in [1.165, 1.54) is 25.3 Å². The predicted octanol–water partition coefficient (Wildman–Crippen LogP) is 3.56. The van der Waals surface area contributed by atoms with Crippen LogP contribution >= 0.6 is 11.8 Å². The Bertz CT molecular complexity index is 983. The Hall–Kier alpha value is -2.88. The largest absolute Gasteiger partial charge is 0.493 e. The SMILES string of the molecule is COc1ccc(C(=O)NC(CCSC)c2nnc3ccccn23)cc1OC(F)F. The summed E-state index contributed by atoms with van der Waals surface area (Å²) < 4.78 is 36.6. The molecule has 2 heterocycles. The number of alkyl halides is 2. The first-order valence-electron chi connectivity index (χ1n) is 8.75. The number of nitrogens with zero attached hydrogens (tertiary/aromatic N) is 3. The molecule has 2 aromatic heterocycles. The summed E-state index contributed by atoms with van der Waals surface area (Å²) in [6.07, 6.45) is 4.42. The molecule has 0 saturated heterocycles. The summed E-state index contributed by atoms with van der Waals surface area (Å²) in [6.45, 7) is -3.03. The number of fused-ring (bicyclic) bond motifs is 1. The molecule has 0 bridgehead atoms. The van der Waals surface area contributed by atoms with Crippen molar-refractivity contribution in [3.05, 3.63) is 54.0 Å². The third kappa shape index (κ3) is 4.94. The van der Waals surface area contributed by atoms with Crippen molar-refractivity contribution < 1.29 is 23.0 Å². The first-order valence-corrected chi connectivity index (χ1v) is 10.1. The van der Waals surface area contributed by atoms with Crippen LogP contribution in [0, 0.1) is 0 Å². The first-order chi connectivity index (χ1) is 14.0. The first kappa shape index (κ1) is 20.8. The molecular weight excluding hydrogens is 402 g/mol. The van der Waals surface area contributed by atoms with Gasteiger partial charge in [-0.1, -0.05) is 6.07 Å². The highest BCUT2D eigenvalue weighted by Gasteiger charge is 2.22. The molecule has 3 rings (SSSR count). The number of amides is 1. The highest BCUT2D eigenvalue weighted by molar-refractivity contribution is 7.98. The Morgan fingerprint density at radius 2 is 2.07 bits per heavy atom. The Kier molecular flexibility index (Phi) is 6.86. The quantitative estimate of drug-likeness (QED) is 0.568. The number of halogens is 2. The second-order valence-corrected chi connectivity index (χ2v) is 7.02. The molecule has 0 aliphatic rings. The number of aromatic nitrogens is 3. The van der Waals surface area contributed by atoms with Gasteiger partial charge in [0, 0.05) is 11.8 Å². The normalized spacial score (nSPS) is 12.2. The summed E-state index contributed by atoms with van der Waals surface area (Å²) in [5.41, 5.74) is 0.840. The number of methoxy groups -OCH3 is 1. The zero-order valence-corrected chi connectivity index (χ0v) is 16.7. The topological polar surface area (TPSA) is 77.8 Å². The van der Waals surface area contributed by atoms with Crippen LogP contribution in [0.5, 0.6) is 11.5 Å². The van der Waals surface area contributed by atoms with E-state index < -0.39 is 18.6 Å². The van der Waals surface area contributed by atoms with Gasteiger partial charge in [0.1, 0.15) is 0 Å². The monoisotopic (exact) mass is 422 g/mol. The fourth-order valence-electron chi connectivity index (χ4n) is 2.85. The molecule has 1 atom stereocenters. The van der Waals surface area contributed by atoms with Gasteiger partial charge in [0.05, 0.1) is 13.2 Å². The lowest BCUT2D eigenvalue weighted by Crippen LogP contribution is -2.30. The molecule has 29 heavy (non-hydrogen) atoms. The minimum atomic E-state index is -3.03. The molecule has 0 radical (unpaired) electrons. The number of hydrogen-bond donors (Lipinski definition) is 1. The molecule has 0 spiro atoms. The number of nitrogens with one attached hydrogen (secondary N) is 1. The van der Waals surface area contributed by atoms with Gasteiger partial charge >= 0.3 is 6.61 Å². The van der Waals surface area contributed by atoms with Gasteiger partial charge in [-0.05, 0) is 48.8 Å². The number of pyridine rings is 1. The molecule has 0 aliphatic heterocycles. The van der Waals surface area contributed by atoms with Crippen LogP contribution in [0.25, 0.3) is 5.65 Å². The van der Waals surface area contributed by atoms with Crippen molar-refractivity contribution in [1.29, 1.82) is 0 Å². The van der Waals surface area contributed by atoms with E-state index in [0.717, 1.165) is 5.75 Å². The van der Waals surface area contributed by atoms with E-state index in [-0.39, 0.29) is 17.1 Å². The molecule has 0 fully saturated rings. The maximum atomic E-state index is 12.8. The van der Waals surface area contributed by atoms with Crippen molar-refractivity contribution in [3.63, 3.8) is 0 Å². The van der Waals surface area contributed by atoms with Crippen molar-refractivity contribution in [2.75, 3.05) is 19.1 Å². The molecule has 7 nitrogen and oxygen atoms in total. The molecule has 1 unspecified atom stereocenters. The summed E-state index contributed by atoms with van der Waals surface area (Å²) in [5, 5.41) is 11.3. The fraction of sp³-hybridized carbons (Fsp3) is 0.316. The van der Waals surface area contributed by atoms with Gasteiger partial charge in [-0.2, -0.15) is 20.5 Å². The Labute approximate surface area is 170 Å². The summed E-state index contributed by atoms with van der Waals surface area (Å²) in [4.78, 5) is 12.8. The Morgan fingerprint density at radius 1 is 1.24 bits per heavy atom. The third-order valence-electron chi connectivity index (χ3n) is 4.21. The Balaban J connectivity index is 1.87. The van der Waals surface area contributed by atoms with Gasteiger partial charge in [0.2, 0.25) is 0 Å². The Morgan fingerprint density at radius 3 is 2.79 bits per heavy atom. The number of benzene rings is 1. The van der Waals surface area contributed by atoms with E-state index in [4.69, 9.17) is 4.74 Å². The van der Waals surface area contributed by atoms with Crippen molar-refractivity contribution >= 4 is 23.3 Å². The number of ether oxygens (including phenoxy) is 2. The number of rotatable bonds is 9. The van der Waals surface area contributed by atoms with Gasteiger partial charge in [-0.15, -0.1) is 10.2 Å². The fourth-order valence-corrected chi connectivity index (χ4v) is 3.32. The van der Waals surface area contributed by atoms with Crippen LogP contribution in [-0.4, -0.2) is 46.2 Å². The van der Waals surface area contributed by atoms with Crippen LogP contribution in [0.4, 0.5) is 8.78 Å². The number of carbonyl (C=O) groups excluding carboxylic acids is 1. The van der Waals surface area contributed by atoms with E-state index in [1.807, 2.05) is 35.1 Å². The molecule has 1 N–H and O–H groups in total. The molecule has 10 heteroatoms. The third-order valence-corrected chi connectivity index (χ3v) is 4.85. The summed E-state index contributed by atoms with van der Waals surface area (Å²) in [6, 6.07) is 9.25. The highest BCUT2D eigenvalue weighted by Crippen LogP contribution is 2.30. The van der Waals surface area contributed by atoms with E-state index in [0.29, 0.717) is 17.9 Å². The second-order valence-electron chi connectivity index (χ2n) is 6.04. The lowest BCUT2D eigenvalue weighted by atomic mass is 10.1. The van der Waals surface area contributed by atoms with Crippen molar-refractivity contribution in [2.24, 2.45) is 0 Å². The average molecular weight is 422 g/mol. The van der Waals surface area contributed by atoms with Gasteiger partial charge in [0.15, 0.2) is 23.0 Å². The van der Waals surface area contributed by atoms with Gasteiger partial charge in [-0.25, -0.2) is 0 Å². The van der Waals surface area contributed by atoms with Gasteiger partial charge in [-0.3, -0.25) is 9.20 Å². The molecule has 3 aromatic rings. The van der Waals surface area contributed by atoms with Crippen molar-refractivity contribution in [3.8, 4) is 11.5 Å². The van der Waals surface area contributed by atoms with Crippen LogP contribution < -0.4 is 14.8 Å². The van der Waals surface area contributed by atoms with Crippen LogP contribution in [0.3, 0.4) is 0 Å². The summed E-state index contributed by atoms with van der Waals surface area (Å²) in [7, 11) is 1.34. The minimum Gasteiger partial charge on any atom is -0.493 e. The molecule has 0 aliphatic carbocycles.